The molecule has 19 heavy (non-hydrogen) atoms. The molecule has 1 unspecified atom stereocenters. The number of hydrogen-bond acceptors (Lipinski definition) is 4. The highest BCUT2D eigenvalue weighted by atomic mass is 16.3. The lowest BCUT2D eigenvalue weighted by Gasteiger charge is -2.29. The van der Waals surface area contributed by atoms with Crippen molar-refractivity contribution in [1.29, 1.82) is 0 Å². The molecule has 3 rings (SSSR count). The van der Waals surface area contributed by atoms with E-state index in [1.165, 1.54) is 31.8 Å². The lowest BCUT2D eigenvalue weighted by Crippen LogP contribution is -2.31. The second-order valence-electron chi connectivity index (χ2n) is 6.18. The Kier molecular flexibility index (Phi) is 3.84. The van der Waals surface area contributed by atoms with Crippen molar-refractivity contribution in [3.05, 3.63) is 11.6 Å². The molecule has 2 aliphatic rings. The van der Waals surface area contributed by atoms with Gasteiger partial charge in [-0.1, -0.05) is 0 Å². The Morgan fingerprint density at radius 2 is 1.84 bits per heavy atom. The van der Waals surface area contributed by atoms with Crippen LogP contribution in [0.5, 0.6) is 0 Å². The van der Waals surface area contributed by atoms with Gasteiger partial charge in [0.25, 0.3) is 0 Å². The summed E-state index contributed by atoms with van der Waals surface area (Å²) in [5, 5.41) is 18.0. The third-order valence-electron chi connectivity index (χ3n) is 4.70. The van der Waals surface area contributed by atoms with Gasteiger partial charge in [-0.05, 0) is 51.2 Å². The van der Waals surface area contributed by atoms with Gasteiger partial charge >= 0.3 is 0 Å². The number of aliphatic hydroxyl groups is 1. The van der Waals surface area contributed by atoms with Crippen LogP contribution >= 0.6 is 0 Å². The number of fused-ring (bicyclic) bond motifs is 1. The number of piperidine rings is 1. The maximum atomic E-state index is 9.25. The highest BCUT2D eigenvalue weighted by Crippen LogP contribution is 2.24. The van der Waals surface area contributed by atoms with Gasteiger partial charge in [0.2, 0.25) is 0 Å². The molecule has 1 aromatic heterocycles. The van der Waals surface area contributed by atoms with E-state index in [9.17, 15) is 5.11 Å². The summed E-state index contributed by atoms with van der Waals surface area (Å²) in [5.74, 6) is 3.39. The van der Waals surface area contributed by atoms with Gasteiger partial charge in [0.15, 0.2) is 0 Å². The minimum atomic E-state index is 0.275. The minimum Gasteiger partial charge on any atom is -0.396 e. The van der Waals surface area contributed by atoms with Crippen molar-refractivity contribution in [2.45, 2.75) is 38.6 Å². The van der Waals surface area contributed by atoms with Crippen LogP contribution in [0.4, 0.5) is 0 Å². The highest BCUT2D eigenvalue weighted by molar-refractivity contribution is 5.01. The fourth-order valence-corrected chi connectivity index (χ4v) is 3.28. The molecule has 1 atom stereocenters. The lowest BCUT2D eigenvalue weighted by molar-refractivity contribution is 0.196. The van der Waals surface area contributed by atoms with Gasteiger partial charge in [0.05, 0.1) is 0 Å². The van der Waals surface area contributed by atoms with E-state index >= 15 is 0 Å². The first-order valence-electron chi connectivity index (χ1n) is 7.46. The fourth-order valence-electron chi connectivity index (χ4n) is 3.28. The van der Waals surface area contributed by atoms with Gasteiger partial charge < -0.3 is 14.6 Å². The number of rotatable bonds is 3. The molecule has 1 N–H and O–H groups in total. The summed E-state index contributed by atoms with van der Waals surface area (Å²) in [5.41, 5.74) is 0. The summed E-state index contributed by atoms with van der Waals surface area (Å²) in [6.45, 7) is 3.67. The average molecular weight is 264 g/mol. The zero-order valence-corrected chi connectivity index (χ0v) is 11.8. The molecule has 1 aromatic rings. The van der Waals surface area contributed by atoms with E-state index in [1.54, 1.807) is 0 Å². The molecular weight excluding hydrogens is 240 g/mol. The number of nitrogens with zero attached hydrogens (tertiary/aromatic N) is 4. The van der Waals surface area contributed by atoms with Crippen molar-refractivity contribution >= 4 is 0 Å². The third kappa shape index (κ3) is 2.82. The van der Waals surface area contributed by atoms with Gasteiger partial charge in [-0.3, -0.25) is 0 Å². The van der Waals surface area contributed by atoms with E-state index in [0.29, 0.717) is 5.92 Å². The van der Waals surface area contributed by atoms with Crippen LogP contribution in [0.15, 0.2) is 0 Å². The number of aliphatic hydroxyl groups excluding tert-OH is 1. The first kappa shape index (κ1) is 13.1. The van der Waals surface area contributed by atoms with Crippen molar-refractivity contribution in [2.24, 2.45) is 11.8 Å². The van der Waals surface area contributed by atoms with Crippen molar-refractivity contribution in [3.63, 3.8) is 0 Å². The predicted molar refractivity (Wildman–Crippen MR) is 72.8 cm³/mol. The second kappa shape index (κ2) is 5.59. The third-order valence-corrected chi connectivity index (χ3v) is 4.70. The van der Waals surface area contributed by atoms with Crippen LogP contribution in [-0.2, 0) is 19.4 Å². The molecule has 5 nitrogen and oxygen atoms in total. The second-order valence-corrected chi connectivity index (χ2v) is 6.18. The Balaban J connectivity index is 1.65. The number of hydrogen-bond donors (Lipinski definition) is 1. The summed E-state index contributed by atoms with van der Waals surface area (Å²) in [6, 6.07) is 0. The predicted octanol–water partition coefficient (Wildman–Crippen LogP) is 0.717. The molecule has 2 aliphatic heterocycles. The average Bonchev–Trinajstić information content (AvgIpc) is 2.83. The fraction of sp³-hybridized carbons (Fsp3) is 0.857. The Morgan fingerprint density at radius 3 is 2.58 bits per heavy atom. The number of aromatic nitrogens is 3. The summed E-state index contributed by atoms with van der Waals surface area (Å²) in [6.07, 6.45) is 5.57. The monoisotopic (exact) mass is 264 g/mol. The Labute approximate surface area is 114 Å². The Bertz CT molecular complexity index is 423. The van der Waals surface area contributed by atoms with Crippen LogP contribution in [0.25, 0.3) is 0 Å². The van der Waals surface area contributed by atoms with Gasteiger partial charge in [0.1, 0.15) is 11.6 Å². The molecule has 0 amide bonds. The summed E-state index contributed by atoms with van der Waals surface area (Å²) in [7, 11) is 2.20. The molecule has 0 radical (unpaired) electrons. The largest absolute Gasteiger partial charge is 0.396 e. The van der Waals surface area contributed by atoms with Gasteiger partial charge in [0, 0.05) is 26.0 Å². The summed E-state index contributed by atoms with van der Waals surface area (Å²) < 4.78 is 2.30. The Morgan fingerprint density at radius 1 is 1.11 bits per heavy atom. The van der Waals surface area contributed by atoms with Crippen molar-refractivity contribution in [1.82, 2.24) is 19.7 Å². The van der Waals surface area contributed by atoms with Crippen molar-refractivity contribution in [3.8, 4) is 0 Å². The lowest BCUT2D eigenvalue weighted by atomic mass is 9.93. The SMILES string of the molecule is CN1CCC(Cc2nnc3n2CCC(CO)C3)CC1. The van der Waals surface area contributed by atoms with Gasteiger partial charge in [-0.25, -0.2) is 0 Å². The highest BCUT2D eigenvalue weighted by Gasteiger charge is 2.25. The smallest absolute Gasteiger partial charge is 0.133 e. The van der Waals surface area contributed by atoms with E-state index in [1.807, 2.05) is 0 Å². The summed E-state index contributed by atoms with van der Waals surface area (Å²) in [4.78, 5) is 2.40. The minimum absolute atomic E-state index is 0.275. The molecule has 3 heterocycles. The van der Waals surface area contributed by atoms with Crippen LogP contribution in [0.2, 0.25) is 0 Å². The van der Waals surface area contributed by atoms with Crippen LogP contribution in [-0.4, -0.2) is 51.5 Å². The first-order chi connectivity index (χ1) is 9.26. The van der Waals surface area contributed by atoms with E-state index in [0.717, 1.165) is 37.5 Å². The van der Waals surface area contributed by atoms with Crippen LogP contribution < -0.4 is 0 Å². The molecule has 0 bridgehead atoms. The van der Waals surface area contributed by atoms with Crippen molar-refractivity contribution < 1.29 is 5.11 Å². The van der Waals surface area contributed by atoms with Gasteiger partial charge in [-0.15, -0.1) is 10.2 Å². The van der Waals surface area contributed by atoms with E-state index in [-0.39, 0.29) is 6.61 Å². The van der Waals surface area contributed by atoms with E-state index in [2.05, 4.69) is 26.7 Å². The standard InChI is InChI=1S/C14H24N4O/c1-17-5-2-11(3-6-17)8-13-15-16-14-9-12(10-19)4-7-18(13)14/h11-12,19H,2-10H2,1H3. The van der Waals surface area contributed by atoms with Crippen LogP contribution in [0, 0.1) is 11.8 Å². The maximum absolute atomic E-state index is 9.25. The normalized spacial score (nSPS) is 25.5. The number of likely N-dealkylation sites (tertiary alicyclic amines) is 1. The molecule has 1 fully saturated rings. The van der Waals surface area contributed by atoms with E-state index in [4.69, 9.17) is 0 Å². The molecule has 0 saturated carbocycles. The van der Waals surface area contributed by atoms with Gasteiger partial charge in [-0.2, -0.15) is 0 Å². The molecule has 0 spiro atoms. The maximum Gasteiger partial charge on any atom is 0.133 e. The van der Waals surface area contributed by atoms with Crippen LogP contribution in [0.1, 0.15) is 30.9 Å². The van der Waals surface area contributed by atoms with E-state index < -0.39 is 0 Å². The quantitative estimate of drug-likeness (QED) is 0.874. The molecule has 5 heteroatoms. The molecule has 0 aromatic carbocycles. The van der Waals surface area contributed by atoms with Crippen LogP contribution in [0.3, 0.4) is 0 Å². The molecule has 1 saturated heterocycles. The summed E-state index contributed by atoms with van der Waals surface area (Å²) >= 11 is 0. The molecule has 0 aliphatic carbocycles. The van der Waals surface area contributed by atoms with Crippen molar-refractivity contribution in [2.75, 3.05) is 26.7 Å². The molecule has 106 valence electrons. The topological polar surface area (TPSA) is 54.2 Å². The first-order valence-corrected chi connectivity index (χ1v) is 7.46. The Hall–Kier alpha value is -0.940. The molecular formula is C14H24N4O. The zero-order valence-electron chi connectivity index (χ0n) is 11.8. The zero-order chi connectivity index (χ0) is 13.2.